The fourth-order valence-electron chi connectivity index (χ4n) is 3.87. The Bertz CT molecular complexity index is 1120. The molecule has 0 saturated heterocycles. The number of nitrogens with one attached hydrogen (secondary N) is 1. The second-order valence-corrected chi connectivity index (χ2v) is 10.4. The number of hydrogen-bond acceptors (Lipinski definition) is 4. The SMILES string of the molecule is C[C@H](C(=O)NC(C)(C)C)N(Cc1ccc(Cl)c(Cl)c1)C(=O)CCCN1C(=O)c2ccccc2C1=O. The molecule has 0 spiro atoms. The molecule has 0 fully saturated rings. The largest absolute Gasteiger partial charge is 0.350 e. The predicted molar refractivity (Wildman–Crippen MR) is 135 cm³/mol. The van der Waals surface area contributed by atoms with E-state index in [1.54, 1.807) is 49.4 Å². The zero-order valence-corrected chi connectivity index (χ0v) is 21.7. The number of carbonyl (C=O) groups excluding carboxylic acids is 4. The molecule has 4 amide bonds. The number of carbonyl (C=O) groups is 4. The summed E-state index contributed by atoms with van der Waals surface area (Å²) < 4.78 is 0. The average molecular weight is 518 g/mol. The Balaban J connectivity index is 1.71. The summed E-state index contributed by atoms with van der Waals surface area (Å²) in [5, 5.41) is 3.66. The maximum absolute atomic E-state index is 13.3. The van der Waals surface area contributed by atoms with E-state index in [9.17, 15) is 19.2 Å². The van der Waals surface area contributed by atoms with Crippen LogP contribution in [0.1, 0.15) is 66.8 Å². The Kier molecular flexibility index (Phi) is 8.23. The minimum Gasteiger partial charge on any atom is -0.350 e. The molecule has 0 aliphatic carbocycles. The monoisotopic (exact) mass is 517 g/mol. The number of halogens is 2. The zero-order chi connectivity index (χ0) is 25.9. The van der Waals surface area contributed by atoms with Crippen LogP contribution in [0.5, 0.6) is 0 Å². The van der Waals surface area contributed by atoms with Crippen molar-refractivity contribution in [2.24, 2.45) is 0 Å². The van der Waals surface area contributed by atoms with Crippen LogP contribution in [0.25, 0.3) is 0 Å². The van der Waals surface area contributed by atoms with Gasteiger partial charge in [0.15, 0.2) is 0 Å². The molecule has 1 aliphatic heterocycles. The second-order valence-electron chi connectivity index (χ2n) is 9.60. The number of nitrogens with zero attached hydrogens (tertiary/aromatic N) is 2. The van der Waals surface area contributed by atoms with Crippen LogP contribution in [0, 0.1) is 0 Å². The van der Waals surface area contributed by atoms with Gasteiger partial charge in [-0.3, -0.25) is 24.1 Å². The van der Waals surface area contributed by atoms with Crippen molar-refractivity contribution in [2.75, 3.05) is 6.54 Å². The van der Waals surface area contributed by atoms with Gasteiger partial charge in [-0.2, -0.15) is 0 Å². The minimum atomic E-state index is -0.754. The molecule has 1 N–H and O–H groups in total. The standard InChI is InChI=1S/C26H29Cl2N3O4/c1-16(23(33)29-26(2,3)4)31(15-17-11-12-20(27)21(28)14-17)22(32)10-7-13-30-24(34)18-8-5-6-9-19(18)25(30)35/h5-6,8-9,11-12,14,16H,7,10,13,15H2,1-4H3,(H,29,33)/t16-/m1/s1. The summed E-state index contributed by atoms with van der Waals surface area (Å²) in [5.74, 6) is -1.28. The molecule has 0 bridgehead atoms. The van der Waals surface area contributed by atoms with Crippen LogP contribution in [-0.4, -0.2) is 51.6 Å². The van der Waals surface area contributed by atoms with E-state index in [1.165, 1.54) is 4.90 Å². The van der Waals surface area contributed by atoms with Crippen molar-refractivity contribution >= 4 is 46.8 Å². The van der Waals surface area contributed by atoms with E-state index < -0.39 is 11.6 Å². The maximum Gasteiger partial charge on any atom is 0.261 e. The van der Waals surface area contributed by atoms with Crippen LogP contribution in [0.4, 0.5) is 0 Å². The molecule has 9 heteroatoms. The van der Waals surface area contributed by atoms with Crippen molar-refractivity contribution in [1.29, 1.82) is 0 Å². The maximum atomic E-state index is 13.3. The molecule has 1 heterocycles. The molecule has 2 aromatic carbocycles. The molecule has 35 heavy (non-hydrogen) atoms. The first-order chi connectivity index (χ1) is 16.4. The summed E-state index contributed by atoms with van der Waals surface area (Å²) in [6.45, 7) is 7.53. The van der Waals surface area contributed by atoms with E-state index in [-0.39, 0.29) is 49.6 Å². The van der Waals surface area contributed by atoms with Crippen molar-refractivity contribution in [3.8, 4) is 0 Å². The minimum absolute atomic E-state index is 0.0574. The second kappa shape index (κ2) is 10.8. The van der Waals surface area contributed by atoms with Crippen LogP contribution in [0.15, 0.2) is 42.5 Å². The summed E-state index contributed by atoms with van der Waals surface area (Å²) in [4.78, 5) is 53.9. The van der Waals surface area contributed by atoms with Crippen molar-refractivity contribution < 1.29 is 19.2 Å². The van der Waals surface area contributed by atoms with Crippen molar-refractivity contribution in [3.63, 3.8) is 0 Å². The zero-order valence-electron chi connectivity index (χ0n) is 20.2. The van der Waals surface area contributed by atoms with E-state index in [1.807, 2.05) is 20.8 Å². The Morgan fingerprint density at radius 2 is 1.60 bits per heavy atom. The number of rotatable bonds is 8. The van der Waals surface area contributed by atoms with Gasteiger partial charge >= 0.3 is 0 Å². The fourth-order valence-corrected chi connectivity index (χ4v) is 4.19. The first kappa shape index (κ1) is 26.7. The van der Waals surface area contributed by atoms with Crippen LogP contribution < -0.4 is 5.32 Å². The average Bonchev–Trinajstić information content (AvgIpc) is 3.03. The Hall–Kier alpha value is -2.90. The molecule has 2 aromatic rings. The van der Waals surface area contributed by atoms with Gasteiger partial charge in [-0.25, -0.2) is 0 Å². The number of amides is 4. The van der Waals surface area contributed by atoms with Gasteiger partial charge in [0.1, 0.15) is 6.04 Å². The lowest BCUT2D eigenvalue weighted by Gasteiger charge is -2.31. The number of hydrogen-bond donors (Lipinski definition) is 1. The van der Waals surface area contributed by atoms with Gasteiger partial charge in [0, 0.05) is 25.0 Å². The molecule has 0 unspecified atom stereocenters. The first-order valence-electron chi connectivity index (χ1n) is 11.4. The van der Waals surface area contributed by atoms with E-state index in [4.69, 9.17) is 23.2 Å². The number of fused-ring (bicyclic) bond motifs is 1. The molecule has 1 aliphatic rings. The van der Waals surface area contributed by atoms with Gasteiger partial charge in [-0.15, -0.1) is 0 Å². The van der Waals surface area contributed by atoms with E-state index >= 15 is 0 Å². The lowest BCUT2D eigenvalue weighted by atomic mass is 10.1. The third-order valence-corrected chi connectivity index (χ3v) is 6.39. The van der Waals surface area contributed by atoms with Crippen LogP contribution in [0.3, 0.4) is 0 Å². The summed E-state index contributed by atoms with van der Waals surface area (Å²) in [5.41, 5.74) is 1.01. The quantitative estimate of drug-likeness (QED) is 0.514. The highest BCUT2D eigenvalue weighted by Gasteiger charge is 2.35. The molecule has 0 radical (unpaired) electrons. The molecule has 186 valence electrons. The normalized spacial score (nSPS) is 14.1. The third-order valence-electron chi connectivity index (χ3n) is 5.65. The summed E-state index contributed by atoms with van der Waals surface area (Å²) in [6.07, 6.45) is 0.331. The molecule has 7 nitrogen and oxygen atoms in total. The number of benzene rings is 2. The van der Waals surface area contributed by atoms with Crippen molar-refractivity contribution in [1.82, 2.24) is 15.1 Å². The Labute approximate surface area is 215 Å². The molecule has 0 saturated carbocycles. The van der Waals surface area contributed by atoms with Crippen LogP contribution >= 0.6 is 23.2 Å². The van der Waals surface area contributed by atoms with Crippen molar-refractivity contribution in [2.45, 2.75) is 58.7 Å². The summed E-state index contributed by atoms with van der Waals surface area (Å²) >= 11 is 12.2. The van der Waals surface area contributed by atoms with Gasteiger partial charge in [0.05, 0.1) is 21.2 Å². The molecule has 3 rings (SSSR count). The lowest BCUT2D eigenvalue weighted by molar-refractivity contribution is -0.141. The highest BCUT2D eigenvalue weighted by molar-refractivity contribution is 6.42. The van der Waals surface area contributed by atoms with Gasteiger partial charge in [0.25, 0.3) is 11.8 Å². The van der Waals surface area contributed by atoms with Gasteiger partial charge in [-0.05, 0) is 63.9 Å². The topological polar surface area (TPSA) is 86.8 Å². The van der Waals surface area contributed by atoms with Crippen LogP contribution in [-0.2, 0) is 16.1 Å². The third kappa shape index (κ3) is 6.41. The molecule has 1 atom stereocenters. The number of imide groups is 1. The van der Waals surface area contributed by atoms with Gasteiger partial charge in [-0.1, -0.05) is 41.4 Å². The lowest BCUT2D eigenvalue weighted by Crippen LogP contribution is -2.52. The predicted octanol–water partition coefficient (Wildman–Crippen LogP) is 4.70. The smallest absolute Gasteiger partial charge is 0.261 e. The van der Waals surface area contributed by atoms with Crippen LogP contribution in [0.2, 0.25) is 10.0 Å². The first-order valence-corrected chi connectivity index (χ1v) is 12.2. The van der Waals surface area contributed by atoms with E-state index in [0.717, 1.165) is 10.5 Å². The molecular weight excluding hydrogens is 489 g/mol. The molecular formula is C26H29Cl2N3O4. The van der Waals surface area contributed by atoms with Gasteiger partial charge < -0.3 is 10.2 Å². The summed E-state index contributed by atoms with van der Waals surface area (Å²) in [6, 6.07) is 11.0. The Morgan fingerprint density at radius 1 is 1.00 bits per heavy atom. The Morgan fingerprint density at radius 3 is 2.14 bits per heavy atom. The highest BCUT2D eigenvalue weighted by atomic mass is 35.5. The van der Waals surface area contributed by atoms with Gasteiger partial charge in [0.2, 0.25) is 11.8 Å². The summed E-state index contributed by atoms with van der Waals surface area (Å²) in [7, 11) is 0. The highest BCUT2D eigenvalue weighted by Crippen LogP contribution is 2.25. The van der Waals surface area contributed by atoms with E-state index in [2.05, 4.69) is 5.32 Å². The fraction of sp³-hybridized carbons (Fsp3) is 0.385. The molecule has 0 aromatic heterocycles. The van der Waals surface area contributed by atoms with Crippen molar-refractivity contribution in [3.05, 3.63) is 69.2 Å². The van der Waals surface area contributed by atoms with E-state index in [0.29, 0.717) is 21.2 Å².